The molecule has 2 saturated carbocycles. The second kappa shape index (κ2) is 7.97. The van der Waals surface area contributed by atoms with E-state index in [0.717, 1.165) is 37.6 Å². The van der Waals surface area contributed by atoms with Crippen LogP contribution in [0.4, 0.5) is 5.82 Å². The first-order valence-corrected chi connectivity index (χ1v) is 8.39. The van der Waals surface area contributed by atoms with Gasteiger partial charge < -0.3 is 16.4 Å². The van der Waals surface area contributed by atoms with Gasteiger partial charge in [-0.25, -0.2) is 9.97 Å². The highest BCUT2D eigenvalue weighted by Gasteiger charge is 2.32. The van der Waals surface area contributed by atoms with E-state index >= 15 is 0 Å². The summed E-state index contributed by atoms with van der Waals surface area (Å²) in [6.07, 6.45) is 7.19. The molecule has 130 valence electrons. The summed E-state index contributed by atoms with van der Waals surface area (Å²) in [5, 5.41) is 7.04. The van der Waals surface area contributed by atoms with Crippen LogP contribution in [0.15, 0.2) is 6.07 Å². The summed E-state index contributed by atoms with van der Waals surface area (Å²) in [6.45, 7) is 2.11. The van der Waals surface area contributed by atoms with Crippen molar-refractivity contribution in [3.8, 4) is 0 Å². The molecule has 1 saturated heterocycles. The van der Waals surface area contributed by atoms with Crippen molar-refractivity contribution in [2.75, 3.05) is 18.4 Å². The van der Waals surface area contributed by atoms with Gasteiger partial charge in [0.2, 0.25) is 0 Å². The smallest absolute Gasteiger partial charge is 0.134 e. The van der Waals surface area contributed by atoms with E-state index in [4.69, 9.17) is 15.7 Å². The average molecular weight is 360 g/mol. The van der Waals surface area contributed by atoms with Gasteiger partial charge in [0, 0.05) is 42.2 Å². The molecule has 0 spiro atoms. The van der Waals surface area contributed by atoms with Crippen LogP contribution < -0.4 is 16.4 Å². The predicted molar refractivity (Wildman–Crippen MR) is 98.0 cm³/mol. The van der Waals surface area contributed by atoms with Gasteiger partial charge in [0.15, 0.2) is 0 Å². The fraction of sp³-hybridized carbons (Fsp3) is 0.750. The molecule has 4 N–H and O–H groups in total. The second-order valence-electron chi connectivity index (χ2n) is 6.91. The zero-order chi connectivity index (χ0) is 14.2. The molecule has 1 aromatic heterocycles. The fourth-order valence-corrected chi connectivity index (χ4v) is 3.37. The lowest BCUT2D eigenvalue weighted by atomic mass is 9.78. The Labute approximate surface area is 150 Å². The molecule has 1 atom stereocenters. The zero-order valence-corrected chi connectivity index (χ0v) is 15.0. The van der Waals surface area contributed by atoms with Crippen molar-refractivity contribution in [1.82, 2.24) is 15.3 Å². The Bertz CT molecular complexity index is 511. The molecule has 0 unspecified atom stereocenters. The van der Waals surface area contributed by atoms with E-state index in [1.54, 1.807) is 0 Å². The summed E-state index contributed by atoms with van der Waals surface area (Å²) in [6, 6.07) is 3.11. The molecule has 0 radical (unpaired) electrons. The molecule has 1 aliphatic heterocycles. The van der Waals surface area contributed by atoms with Crippen LogP contribution in [0.3, 0.4) is 0 Å². The Hall–Kier alpha value is -0.620. The monoisotopic (exact) mass is 359 g/mol. The Morgan fingerprint density at radius 1 is 1.13 bits per heavy atom. The third kappa shape index (κ3) is 4.47. The van der Waals surface area contributed by atoms with E-state index in [1.807, 2.05) is 0 Å². The van der Waals surface area contributed by atoms with Crippen molar-refractivity contribution >= 4 is 30.6 Å². The zero-order valence-electron chi connectivity index (χ0n) is 13.3. The van der Waals surface area contributed by atoms with Gasteiger partial charge in [0.1, 0.15) is 11.6 Å². The predicted octanol–water partition coefficient (Wildman–Crippen LogP) is 2.57. The van der Waals surface area contributed by atoms with Crippen LogP contribution in [0, 0.1) is 0 Å². The molecule has 3 aliphatic rings. The lowest BCUT2D eigenvalue weighted by Gasteiger charge is -2.32. The number of nitrogens with one attached hydrogen (secondary N) is 2. The number of rotatable bonds is 5. The largest absolute Gasteiger partial charge is 0.368 e. The lowest BCUT2D eigenvalue weighted by molar-refractivity contribution is 0.344. The maximum Gasteiger partial charge on any atom is 0.134 e. The highest BCUT2D eigenvalue weighted by Crippen LogP contribution is 2.41. The summed E-state index contributed by atoms with van der Waals surface area (Å²) in [7, 11) is 0. The highest BCUT2D eigenvalue weighted by atomic mass is 35.5. The van der Waals surface area contributed by atoms with Crippen molar-refractivity contribution in [3.05, 3.63) is 17.6 Å². The topological polar surface area (TPSA) is 75.9 Å². The number of anilines is 1. The molecule has 0 bridgehead atoms. The molecule has 23 heavy (non-hydrogen) atoms. The number of aromatic nitrogens is 2. The molecule has 4 rings (SSSR count). The molecule has 5 nitrogen and oxygen atoms in total. The maximum absolute atomic E-state index is 5.93. The van der Waals surface area contributed by atoms with Crippen LogP contribution in [-0.4, -0.2) is 35.1 Å². The van der Waals surface area contributed by atoms with Gasteiger partial charge in [-0.3, -0.25) is 0 Å². The van der Waals surface area contributed by atoms with Gasteiger partial charge in [-0.1, -0.05) is 0 Å². The van der Waals surface area contributed by atoms with E-state index in [1.165, 1.54) is 31.4 Å². The van der Waals surface area contributed by atoms with Gasteiger partial charge in [0.05, 0.1) is 0 Å². The molecule has 0 aromatic carbocycles. The first-order chi connectivity index (χ1) is 10.3. The first-order valence-electron chi connectivity index (χ1n) is 8.39. The Balaban J connectivity index is 0.000000960. The number of hydrogen-bond acceptors (Lipinski definition) is 5. The molecule has 7 heteroatoms. The second-order valence-corrected chi connectivity index (χ2v) is 6.91. The average Bonchev–Trinajstić information content (AvgIpc) is 3.18. The number of hydrogen-bond donors (Lipinski definition) is 3. The molecule has 0 amide bonds. The minimum atomic E-state index is 0. The van der Waals surface area contributed by atoms with Crippen LogP contribution >= 0.6 is 24.8 Å². The Morgan fingerprint density at radius 2 is 1.91 bits per heavy atom. The first kappa shape index (κ1) is 18.7. The fourth-order valence-electron chi connectivity index (χ4n) is 3.37. The summed E-state index contributed by atoms with van der Waals surface area (Å²) in [5.74, 6) is 3.21. The van der Waals surface area contributed by atoms with Crippen molar-refractivity contribution in [2.45, 2.75) is 62.4 Å². The van der Waals surface area contributed by atoms with Crippen molar-refractivity contribution in [1.29, 1.82) is 0 Å². The molecule has 1 aromatic rings. The van der Waals surface area contributed by atoms with Crippen LogP contribution in [-0.2, 0) is 0 Å². The normalized spacial score (nSPS) is 29.2. The summed E-state index contributed by atoms with van der Waals surface area (Å²) in [5.41, 5.74) is 7.13. The van der Waals surface area contributed by atoms with Gasteiger partial charge in [-0.15, -0.1) is 24.8 Å². The molecule has 2 heterocycles. The number of nitrogens with zero attached hydrogens (tertiary/aromatic N) is 2. The van der Waals surface area contributed by atoms with Crippen LogP contribution in [0.25, 0.3) is 0 Å². The van der Waals surface area contributed by atoms with Crippen molar-refractivity contribution in [2.24, 2.45) is 5.73 Å². The van der Waals surface area contributed by atoms with E-state index in [-0.39, 0.29) is 24.8 Å². The molecule has 3 fully saturated rings. The third-order valence-electron chi connectivity index (χ3n) is 4.99. The van der Waals surface area contributed by atoms with E-state index in [9.17, 15) is 0 Å². The van der Waals surface area contributed by atoms with Crippen molar-refractivity contribution < 1.29 is 0 Å². The number of halogens is 2. The Kier molecular flexibility index (Phi) is 6.48. The van der Waals surface area contributed by atoms with Crippen LogP contribution in [0.1, 0.15) is 61.9 Å². The molecule has 2 aliphatic carbocycles. The van der Waals surface area contributed by atoms with Crippen molar-refractivity contribution in [3.63, 3.8) is 0 Å². The van der Waals surface area contributed by atoms with Crippen LogP contribution in [0.5, 0.6) is 0 Å². The standard InChI is InChI=1S/C16H25N5.2ClH/c17-12-6-11(7-12)14-8-15(19-9-13-2-1-5-18-13)21-16(20-14)10-3-4-10;;/h8,10-13,18H,1-7,9,17H2,(H,19,20,21);2*1H/t11?,12?,13-;;/m0../s1. The van der Waals surface area contributed by atoms with Gasteiger partial charge in [-0.2, -0.15) is 0 Å². The van der Waals surface area contributed by atoms with E-state index in [2.05, 4.69) is 16.7 Å². The maximum atomic E-state index is 5.93. The SMILES string of the molecule is Cl.Cl.NC1CC(c2cc(NC[C@@H]3CCCN3)nc(C3CC3)n2)C1. The highest BCUT2D eigenvalue weighted by molar-refractivity contribution is 5.85. The summed E-state index contributed by atoms with van der Waals surface area (Å²) < 4.78 is 0. The summed E-state index contributed by atoms with van der Waals surface area (Å²) >= 11 is 0. The minimum absolute atomic E-state index is 0. The van der Waals surface area contributed by atoms with E-state index in [0.29, 0.717) is 23.9 Å². The third-order valence-corrected chi connectivity index (χ3v) is 4.99. The Morgan fingerprint density at radius 3 is 2.52 bits per heavy atom. The quantitative estimate of drug-likeness (QED) is 0.753. The van der Waals surface area contributed by atoms with Gasteiger partial charge in [-0.05, 0) is 45.1 Å². The minimum Gasteiger partial charge on any atom is -0.368 e. The van der Waals surface area contributed by atoms with Gasteiger partial charge in [0.25, 0.3) is 0 Å². The van der Waals surface area contributed by atoms with Crippen LogP contribution in [0.2, 0.25) is 0 Å². The lowest BCUT2D eigenvalue weighted by Crippen LogP contribution is -2.35. The molecular formula is C16H27Cl2N5. The van der Waals surface area contributed by atoms with E-state index < -0.39 is 0 Å². The summed E-state index contributed by atoms with van der Waals surface area (Å²) in [4.78, 5) is 9.54. The number of nitrogens with two attached hydrogens (primary N) is 1. The molecular weight excluding hydrogens is 333 g/mol. The van der Waals surface area contributed by atoms with Gasteiger partial charge >= 0.3 is 0 Å².